The van der Waals surface area contributed by atoms with Crippen molar-refractivity contribution >= 4 is 17.2 Å². The first kappa shape index (κ1) is 10.6. The number of amides is 1. The minimum atomic E-state index is -0.262. The van der Waals surface area contributed by atoms with Gasteiger partial charge in [-0.2, -0.15) is 4.98 Å². The number of thiophene rings is 1. The highest BCUT2D eigenvalue weighted by Crippen LogP contribution is 2.22. The molecule has 0 aromatic carbocycles. The first-order valence-electron chi connectivity index (χ1n) is 4.56. The van der Waals surface area contributed by atoms with Gasteiger partial charge in [-0.3, -0.25) is 4.79 Å². The van der Waals surface area contributed by atoms with Gasteiger partial charge in [0.1, 0.15) is 0 Å². The molecular formula is C10H9N3O2S. The van der Waals surface area contributed by atoms with Gasteiger partial charge in [-0.15, -0.1) is 11.3 Å². The van der Waals surface area contributed by atoms with Crippen molar-refractivity contribution in [3.05, 3.63) is 36.0 Å². The Morgan fingerprint density at radius 3 is 3.25 bits per heavy atom. The molecule has 0 unspecified atom stereocenters. The third kappa shape index (κ3) is 2.34. The summed E-state index contributed by atoms with van der Waals surface area (Å²) in [6, 6.07) is 3.80. The normalized spacial score (nSPS) is 10.0. The van der Waals surface area contributed by atoms with Gasteiger partial charge in [0.2, 0.25) is 5.91 Å². The van der Waals surface area contributed by atoms with Gasteiger partial charge >= 0.3 is 0 Å². The van der Waals surface area contributed by atoms with Crippen molar-refractivity contribution in [2.75, 3.05) is 0 Å². The van der Waals surface area contributed by atoms with Gasteiger partial charge < -0.3 is 9.84 Å². The zero-order valence-electron chi connectivity index (χ0n) is 8.34. The van der Waals surface area contributed by atoms with Crippen molar-refractivity contribution in [3.8, 4) is 10.8 Å². The zero-order valence-corrected chi connectivity index (χ0v) is 9.16. The minimum Gasteiger partial charge on any atom is -0.345 e. The Labute approximate surface area is 95.8 Å². The van der Waals surface area contributed by atoms with Crippen LogP contribution in [0.25, 0.3) is 10.8 Å². The molecule has 0 spiro atoms. The summed E-state index contributed by atoms with van der Waals surface area (Å²) >= 11 is 1.52. The highest BCUT2D eigenvalue weighted by atomic mass is 32.1. The van der Waals surface area contributed by atoms with Crippen LogP contribution in [-0.2, 0) is 11.3 Å². The summed E-state index contributed by atoms with van der Waals surface area (Å²) < 4.78 is 5.05. The summed E-state index contributed by atoms with van der Waals surface area (Å²) in [7, 11) is 0. The van der Waals surface area contributed by atoms with Crippen LogP contribution in [0.15, 0.2) is 34.7 Å². The van der Waals surface area contributed by atoms with E-state index in [1.807, 2.05) is 17.5 Å². The average Bonchev–Trinajstić information content (AvgIpc) is 2.95. The fraction of sp³-hybridized carbons (Fsp3) is 0.100. The molecule has 82 valence electrons. The van der Waals surface area contributed by atoms with E-state index < -0.39 is 0 Å². The number of carbonyl (C=O) groups excluding carboxylic acids is 1. The average molecular weight is 235 g/mol. The molecule has 0 fully saturated rings. The number of carbonyl (C=O) groups is 1. The molecule has 6 heteroatoms. The lowest BCUT2D eigenvalue weighted by Crippen LogP contribution is -2.20. The molecule has 0 bridgehead atoms. The second-order valence-electron chi connectivity index (χ2n) is 2.91. The summed E-state index contributed by atoms with van der Waals surface area (Å²) in [4.78, 5) is 16.0. The Balaban J connectivity index is 2.03. The fourth-order valence-corrected chi connectivity index (χ4v) is 1.71. The van der Waals surface area contributed by atoms with Crippen molar-refractivity contribution in [1.82, 2.24) is 15.5 Å². The Hall–Kier alpha value is -1.95. The van der Waals surface area contributed by atoms with E-state index in [2.05, 4.69) is 22.0 Å². The van der Waals surface area contributed by atoms with Crippen molar-refractivity contribution in [2.24, 2.45) is 0 Å². The van der Waals surface area contributed by atoms with Crippen LogP contribution in [0.4, 0.5) is 0 Å². The van der Waals surface area contributed by atoms with E-state index in [0.717, 1.165) is 4.88 Å². The molecule has 16 heavy (non-hydrogen) atoms. The molecule has 0 saturated heterocycles. The van der Waals surface area contributed by atoms with Gasteiger partial charge in [-0.25, -0.2) is 0 Å². The van der Waals surface area contributed by atoms with Gasteiger partial charge in [-0.1, -0.05) is 17.8 Å². The molecular weight excluding hydrogens is 226 g/mol. The summed E-state index contributed by atoms with van der Waals surface area (Å²) in [6.07, 6.45) is 1.19. The molecule has 1 amide bonds. The summed E-state index contributed by atoms with van der Waals surface area (Å²) in [6.45, 7) is 3.58. The Bertz CT molecular complexity index is 490. The van der Waals surface area contributed by atoms with E-state index in [0.29, 0.717) is 11.7 Å². The van der Waals surface area contributed by atoms with Gasteiger partial charge in [0.05, 0.1) is 11.4 Å². The number of nitrogens with one attached hydrogen (secondary N) is 1. The second-order valence-corrected chi connectivity index (χ2v) is 3.86. The summed E-state index contributed by atoms with van der Waals surface area (Å²) in [5.41, 5.74) is 0. The van der Waals surface area contributed by atoms with E-state index in [9.17, 15) is 4.79 Å². The molecule has 2 rings (SSSR count). The molecule has 0 saturated carbocycles. The summed E-state index contributed by atoms with van der Waals surface area (Å²) in [5.74, 6) is 0.652. The first-order valence-corrected chi connectivity index (χ1v) is 5.44. The molecule has 5 nitrogen and oxygen atoms in total. The quantitative estimate of drug-likeness (QED) is 0.817. The van der Waals surface area contributed by atoms with E-state index >= 15 is 0 Å². The number of rotatable bonds is 4. The van der Waals surface area contributed by atoms with Crippen LogP contribution in [0.1, 0.15) is 5.82 Å². The third-order valence-corrected chi connectivity index (χ3v) is 2.66. The number of aromatic nitrogens is 2. The predicted octanol–water partition coefficient (Wildman–Crippen LogP) is 1.60. The lowest BCUT2D eigenvalue weighted by atomic mass is 10.4. The topological polar surface area (TPSA) is 68.0 Å². The van der Waals surface area contributed by atoms with E-state index in [4.69, 9.17) is 4.52 Å². The molecule has 0 atom stereocenters. The van der Waals surface area contributed by atoms with Crippen LogP contribution in [0.3, 0.4) is 0 Å². The fourth-order valence-electron chi connectivity index (χ4n) is 1.06. The van der Waals surface area contributed by atoms with Crippen LogP contribution in [0, 0.1) is 0 Å². The molecule has 0 aliphatic heterocycles. The van der Waals surface area contributed by atoms with Crippen LogP contribution < -0.4 is 5.32 Å². The summed E-state index contributed by atoms with van der Waals surface area (Å²) in [5, 5.41) is 8.25. The maximum absolute atomic E-state index is 10.9. The number of nitrogens with zero attached hydrogens (tertiary/aromatic N) is 2. The van der Waals surface area contributed by atoms with E-state index in [-0.39, 0.29) is 12.5 Å². The standard InChI is InChI=1S/C10H9N3O2S/c1-2-9(14)11-6-8-12-10(15-13-8)7-4-3-5-16-7/h2-5H,1,6H2,(H,11,14). The van der Waals surface area contributed by atoms with Crippen molar-refractivity contribution in [1.29, 1.82) is 0 Å². The minimum absolute atomic E-state index is 0.236. The van der Waals surface area contributed by atoms with Gasteiger partial charge in [0, 0.05) is 0 Å². The third-order valence-electron chi connectivity index (χ3n) is 1.81. The lowest BCUT2D eigenvalue weighted by molar-refractivity contribution is -0.116. The van der Waals surface area contributed by atoms with E-state index in [1.54, 1.807) is 0 Å². The predicted molar refractivity (Wildman–Crippen MR) is 59.7 cm³/mol. The van der Waals surface area contributed by atoms with E-state index in [1.165, 1.54) is 17.4 Å². The Morgan fingerprint density at radius 1 is 1.69 bits per heavy atom. The molecule has 0 aliphatic rings. The highest BCUT2D eigenvalue weighted by molar-refractivity contribution is 7.13. The smallest absolute Gasteiger partial charge is 0.268 e. The SMILES string of the molecule is C=CC(=O)NCc1noc(-c2cccs2)n1. The second kappa shape index (κ2) is 4.71. The molecule has 2 aromatic rings. The first-order chi connectivity index (χ1) is 7.79. The zero-order chi connectivity index (χ0) is 11.4. The van der Waals surface area contributed by atoms with Crippen LogP contribution >= 0.6 is 11.3 Å². The number of hydrogen-bond donors (Lipinski definition) is 1. The van der Waals surface area contributed by atoms with Crippen LogP contribution in [-0.4, -0.2) is 16.0 Å². The number of hydrogen-bond acceptors (Lipinski definition) is 5. The van der Waals surface area contributed by atoms with Crippen molar-refractivity contribution in [3.63, 3.8) is 0 Å². The maximum atomic E-state index is 10.9. The Kier molecular flexibility index (Phi) is 3.11. The highest BCUT2D eigenvalue weighted by Gasteiger charge is 2.09. The molecule has 0 aliphatic carbocycles. The van der Waals surface area contributed by atoms with Crippen molar-refractivity contribution < 1.29 is 9.32 Å². The molecule has 2 heterocycles. The Morgan fingerprint density at radius 2 is 2.56 bits per heavy atom. The lowest BCUT2D eigenvalue weighted by Gasteiger charge is -1.94. The molecule has 0 radical (unpaired) electrons. The van der Waals surface area contributed by atoms with Gasteiger partial charge in [-0.05, 0) is 17.5 Å². The van der Waals surface area contributed by atoms with Crippen molar-refractivity contribution in [2.45, 2.75) is 6.54 Å². The van der Waals surface area contributed by atoms with Gasteiger partial charge in [0.15, 0.2) is 5.82 Å². The monoisotopic (exact) mass is 235 g/mol. The molecule has 2 aromatic heterocycles. The largest absolute Gasteiger partial charge is 0.345 e. The maximum Gasteiger partial charge on any atom is 0.268 e. The van der Waals surface area contributed by atoms with Crippen LogP contribution in [0.2, 0.25) is 0 Å². The van der Waals surface area contributed by atoms with Gasteiger partial charge in [0.25, 0.3) is 5.89 Å². The van der Waals surface area contributed by atoms with Crippen LogP contribution in [0.5, 0.6) is 0 Å². The molecule has 1 N–H and O–H groups in total.